The fourth-order valence-corrected chi connectivity index (χ4v) is 2.21. The maximum atomic E-state index is 5.86. The first kappa shape index (κ1) is 14.6. The van der Waals surface area contributed by atoms with Crippen molar-refractivity contribution in [1.82, 2.24) is 9.97 Å². The largest absolute Gasteiger partial charge is 0.476 e. The number of thiazole rings is 1. The van der Waals surface area contributed by atoms with E-state index in [0.717, 1.165) is 23.8 Å². The third kappa shape index (κ3) is 4.38. The molecule has 0 aliphatic rings. The summed E-state index contributed by atoms with van der Waals surface area (Å²) in [6.07, 6.45) is 2.70. The van der Waals surface area contributed by atoms with E-state index in [0.29, 0.717) is 24.1 Å². The van der Waals surface area contributed by atoms with Gasteiger partial charge in [0.05, 0.1) is 17.3 Å². The van der Waals surface area contributed by atoms with Crippen LogP contribution in [0.5, 0.6) is 5.88 Å². The third-order valence-electron chi connectivity index (χ3n) is 2.57. The lowest BCUT2D eigenvalue weighted by Gasteiger charge is -2.12. The first-order valence-corrected chi connectivity index (χ1v) is 7.54. The van der Waals surface area contributed by atoms with Gasteiger partial charge in [0, 0.05) is 24.5 Å². The van der Waals surface area contributed by atoms with E-state index in [1.165, 1.54) is 0 Å². The van der Waals surface area contributed by atoms with Crippen LogP contribution in [0, 0.1) is 5.92 Å². The van der Waals surface area contributed by atoms with Crippen molar-refractivity contribution in [2.24, 2.45) is 5.92 Å². The summed E-state index contributed by atoms with van der Waals surface area (Å²) in [5.74, 6) is 1.71. The van der Waals surface area contributed by atoms with Crippen LogP contribution in [0.3, 0.4) is 0 Å². The monoisotopic (exact) mass is 292 g/mol. The molecule has 2 rings (SSSR count). The Morgan fingerprint density at radius 1 is 1.40 bits per heavy atom. The quantitative estimate of drug-likeness (QED) is 0.821. The Morgan fingerprint density at radius 3 is 2.95 bits per heavy atom. The summed E-state index contributed by atoms with van der Waals surface area (Å²) in [6.45, 7) is 5.58. The van der Waals surface area contributed by atoms with Crippen molar-refractivity contribution >= 4 is 22.8 Å². The van der Waals surface area contributed by atoms with Crippen molar-refractivity contribution < 1.29 is 4.74 Å². The molecule has 0 aliphatic carbocycles. The van der Waals surface area contributed by atoms with Crippen molar-refractivity contribution in [2.75, 3.05) is 24.2 Å². The number of pyridine rings is 1. The van der Waals surface area contributed by atoms with Gasteiger partial charge in [-0.05, 0) is 18.1 Å². The fraction of sp³-hybridized carbons (Fsp3) is 0.429. The van der Waals surface area contributed by atoms with Crippen molar-refractivity contribution in [3.05, 3.63) is 28.7 Å². The van der Waals surface area contributed by atoms with E-state index < -0.39 is 0 Å². The molecule has 2 aromatic heterocycles. The second-order valence-corrected chi connectivity index (χ2v) is 5.88. The van der Waals surface area contributed by atoms with Crippen LogP contribution in [-0.4, -0.2) is 23.1 Å². The number of nitrogens with zero attached hydrogens (tertiary/aromatic N) is 2. The number of rotatable bonds is 7. The number of hydrogen-bond acceptors (Lipinski definition) is 6. The summed E-state index contributed by atoms with van der Waals surface area (Å²) in [5, 5.41) is 6.35. The summed E-state index contributed by atoms with van der Waals surface area (Å²) in [5.41, 5.74) is 6.42. The first-order chi connectivity index (χ1) is 9.65. The summed E-state index contributed by atoms with van der Waals surface area (Å²) in [7, 11) is 0. The average molecular weight is 292 g/mol. The zero-order chi connectivity index (χ0) is 14.4. The molecular weight excluding hydrogens is 272 g/mol. The van der Waals surface area contributed by atoms with Gasteiger partial charge in [-0.2, -0.15) is 4.98 Å². The van der Waals surface area contributed by atoms with E-state index in [1.54, 1.807) is 11.3 Å². The number of ether oxygens (including phenoxy) is 1. The number of nitrogens with one attached hydrogen (secondary N) is 1. The Hall–Kier alpha value is -1.82. The second kappa shape index (κ2) is 7.09. The Bertz CT molecular complexity index is 528. The van der Waals surface area contributed by atoms with E-state index in [2.05, 4.69) is 29.1 Å². The minimum atomic E-state index is 0.442. The van der Waals surface area contributed by atoms with Gasteiger partial charge in [0.25, 0.3) is 0 Å². The number of nitrogen functional groups attached to an aromatic ring is 1. The van der Waals surface area contributed by atoms with Crippen LogP contribution in [0.2, 0.25) is 0 Å². The standard InChI is InChI=1S/C14H20N4OS/c1-10(2)9-19-14-11(15)3-4-12(18-14)16-6-5-13-17-7-8-20-13/h3-4,7-8,10H,5-6,9,15H2,1-2H3,(H,16,18). The van der Waals surface area contributed by atoms with Gasteiger partial charge in [0.2, 0.25) is 5.88 Å². The molecule has 6 heteroatoms. The summed E-state index contributed by atoms with van der Waals surface area (Å²) >= 11 is 1.66. The van der Waals surface area contributed by atoms with E-state index in [-0.39, 0.29) is 0 Å². The molecule has 0 aliphatic heterocycles. The normalized spacial score (nSPS) is 10.8. The first-order valence-electron chi connectivity index (χ1n) is 6.66. The molecular formula is C14H20N4OS. The fourth-order valence-electron chi connectivity index (χ4n) is 1.58. The molecule has 0 radical (unpaired) electrons. The number of nitrogens with two attached hydrogens (primary N) is 1. The van der Waals surface area contributed by atoms with E-state index in [4.69, 9.17) is 10.5 Å². The van der Waals surface area contributed by atoms with Crippen LogP contribution in [0.4, 0.5) is 11.5 Å². The summed E-state index contributed by atoms with van der Waals surface area (Å²) < 4.78 is 5.60. The third-order valence-corrected chi connectivity index (χ3v) is 3.41. The number of hydrogen-bond donors (Lipinski definition) is 2. The highest BCUT2D eigenvalue weighted by atomic mass is 32.1. The second-order valence-electron chi connectivity index (χ2n) is 4.90. The van der Waals surface area contributed by atoms with Crippen LogP contribution in [0.1, 0.15) is 18.9 Å². The lowest BCUT2D eigenvalue weighted by molar-refractivity contribution is 0.263. The van der Waals surface area contributed by atoms with Gasteiger partial charge >= 0.3 is 0 Å². The highest BCUT2D eigenvalue weighted by Crippen LogP contribution is 2.21. The Labute approximate surface area is 123 Å². The van der Waals surface area contributed by atoms with Crippen LogP contribution in [0.15, 0.2) is 23.7 Å². The molecule has 0 unspecified atom stereocenters. The van der Waals surface area contributed by atoms with Gasteiger partial charge in [-0.1, -0.05) is 13.8 Å². The highest BCUT2D eigenvalue weighted by molar-refractivity contribution is 7.09. The molecule has 0 amide bonds. The molecule has 20 heavy (non-hydrogen) atoms. The van der Waals surface area contributed by atoms with Gasteiger partial charge in [-0.3, -0.25) is 0 Å². The zero-order valence-electron chi connectivity index (χ0n) is 11.8. The van der Waals surface area contributed by atoms with E-state index >= 15 is 0 Å². The molecule has 0 atom stereocenters. The lowest BCUT2D eigenvalue weighted by atomic mass is 10.2. The Morgan fingerprint density at radius 2 is 2.25 bits per heavy atom. The predicted molar refractivity (Wildman–Crippen MR) is 83.3 cm³/mol. The molecule has 0 fully saturated rings. The predicted octanol–water partition coefficient (Wildman–Crippen LogP) is 2.81. The van der Waals surface area contributed by atoms with Crippen LogP contribution >= 0.6 is 11.3 Å². The summed E-state index contributed by atoms with van der Waals surface area (Å²) in [6, 6.07) is 3.67. The molecule has 5 nitrogen and oxygen atoms in total. The van der Waals surface area contributed by atoms with Crippen molar-refractivity contribution in [1.29, 1.82) is 0 Å². The van der Waals surface area contributed by atoms with Crippen molar-refractivity contribution in [3.8, 4) is 5.88 Å². The molecule has 0 spiro atoms. The van der Waals surface area contributed by atoms with Gasteiger partial charge in [-0.25, -0.2) is 4.98 Å². The minimum Gasteiger partial charge on any atom is -0.476 e. The lowest BCUT2D eigenvalue weighted by Crippen LogP contribution is -2.10. The molecule has 0 saturated carbocycles. The SMILES string of the molecule is CC(C)COc1nc(NCCc2nccs2)ccc1N. The topological polar surface area (TPSA) is 73.1 Å². The van der Waals surface area contributed by atoms with Gasteiger partial charge in [-0.15, -0.1) is 11.3 Å². The van der Waals surface area contributed by atoms with E-state index in [9.17, 15) is 0 Å². The smallest absolute Gasteiger partial charge is 0.239 e. The average Bonchev–Trinajstić information content (AvgIpc) is 2.92. The van der Waals surface area contributed by atoms with Crippen molar-refractivity contribution in [2.45, 2.75) is 20.3 Å². The maximum Gasteiger partial charge on any atom is 0.239 e. The van der Waals surface area contributed by atoms with Crippen LogP contribution in [-0.2, 0) is 6.42 Å². The van der Waals surface area contributed by atoms with Crippen LogP contribution in [0.25, 0.3) is 0 Å². The minimum absolute atomic E-state index is 0.442. The molecule has 0 bridgehead atoms. The maximum absolute atomic E-state index is 5.86. The molecule has 3 N–H and O–H groups in total. The Kier molecular flexibility index (Phi) is 5.17. The highest BCUT2D eigenvalue weighted by Gasteiger charge is 2.06. The molecule has 2 heterocycles. The molecule has 108 valence electrons. The number of aromatic nitrogens is 2. The zero-order valence-corrected chi connectivity index (χ0v) is 12.6. The van der Waals surface area contributed by atoms with Gasteiger partial charge < -0.3 is 15.8 Å². The molecule has 2 aromatic rings. The molecule has 0 aromatic carbocycles. The van der Waals surface area contributed by atoms with E-state index in [1.807, 2.05) is 23.7 Å². The van der Waals surface area contributed by atoms with Gasteiger partial charge in [0.15, 0.2) is 0 Å². The summed E-state index contributed by atoms with van der Waals surface area (Å²) in [4.78, 5) is 8.63. The Balaban J connectivity index is 1.89. The molecule has 0 saturated heterocycles. The number of anilines is 2. The van der Waals surface area contributed by atoms with Crippen LogP contribution < -0.4 is 15.8 Å². The van der Waals surface area contributed by atoms with Crippen molar-refractivity contribution in [3.63, 3.8) is 0 Å². The van der Waals surface area contributed by atoms with Gasteiger partial charge in [0.1, 0.15) is 5.82 Å².